The quantitative estimate of drug-likeness (QED) is 0.771. The van der Waals surface area contributed by atoms with Gasteiger partial charge in [-0.25, -0.2) is 4.39 Å². The molecule has 2 aromatic rings. The van der Waals surface area contributed by atoms with Crippen LogP contribution >= 0.6 is 23.5 Å². The topological polar surface area (TPSA) is 49.3 Å². The number of hydrogen-bond donors (Lipinski definition) is 0. The maximum atomic E-state index is 13.0. The first-order valence-electron chi connectivity index (χ1n) is 8.22. The molecule has 0 atom stereocenters. The fraction of sp³-hybridized carbons (Fsp3) is 0.471. The van der Waals surface area contributed by atoms with Gasteiger partial charge >= 0.3 is 0 Å². The molecule has 1 fully saturated rings. The lowest BCUT2D eigenvalue weighted by Gasteiger charge is -2.34. The summed E-state index contributed by atoms with van der Waals surface area (Å²) >= 11 is 2.82. The van der Waals surface area contributed by atoms with Crippen LogP contribution in [0.3, 0.4) is 0 Å². The predicted molar refractivity (Wildman–Crippen MR) is 99.1 cm³/mol. The highest BCUT2D eigenvalue weighted by molar-refractivity contribution is 7.99. The largest absolute Gasteiger partial charge is 0.339 e. The van der Waals surface area contributed by atoms with Gasteiger partial charge in [0.05, 0.1) is 28.9 Å². The van der Waals surface area contributed by atoms with Gasteiger partial charge in [0.1, 0.15) is 5.82 Å². The van der Waals surface area contributed by atoms with Gasteiger partial charge in [-0.15, -0.1) is 11.8 Å². The molecule has 1 aliphatic heterocycles. The highest BCUT2D eigenvalue weighted by atomic mass is 32.2. The van der Waals surface area contributed by atoms with E-state index in [0.29, 0.717) is 5.75 Å². The Morgan fingerprint density at radius 2 is 1.92 bits per heavy atom. The van der Waals surface area contributed by atoms with Crippen molar-refractivity contribution in [2.24, 2.45) is 0 Å². The lowest BCUT2D eigenvalue weighted by molar-refractivity contribution is -0.130. The normalized spacial score (nSPS) is 15.5. The van der Waals surface area contributed by atoms with Crippen LogP contribution in [0.25, 0.3) is 0 Å². The summed E-state index contributed by atoms with van der Waals surface area (Å²) in [4.78, 5) is 16.6. The van der Waals surface area contributed by atoms with Crippen molar-refractivity contribution in [1.82, 2.24) is 18.5 Å². The molecule has 25 heavy (non-hydrogen) atoms. The van der Waals surface area contributed by atoms with Crippen molar-refractivity contribution < 1.29 is 9.18 Å². The molecule has 134 valence electrons. The second-order valence-electron chi connectivity index (χ2n) is 6.07. The van der Waals surface area contributed by atoms with E-state index in [1.807, 2.05) is 24.0 Å². The minimum absolute atomic E-state index is 0.187. The number of thioether (sulfide) groups is 1. The second kappa shape index (κ2) is 8.73. The Hall–Kier alpha value is -1.51. The highest BCUT2D eigenvalue weighted by Gasteiger charge is 2.21. The zero-order valence-corrected chi connectivity index (χ0v) is 15.8. The van der Waals surface area contributed by atoms with Gasteiger partial charge < -0.3 is 4.90 Å². The molecule has 0 bridgehead atoms. The van der Waals surface area contributed by atoms with E-state index in [9.17, 15) is 9.18 Å². The second-order valence-corrected chi connectivity index (χ2v) is 7.59. The lowest BCUT2D eigenvalue weighted by Crippen LogP contribution is -2.48. The molecule has 0 unspecified atom stereocenters. The van der Waals surface area contributed by atoms with E-state index in [2.05, 4.69) is 13.6 Å². The number of carbonyl (C=O) groups excluding carboxylic acids is 1. The van der Waals surface area contributed by atoms with Gasteiger partial charge in [-0.05, 0) is 24.6 Å². The standard InChI is InChI=1S/C17H21FN4OS2/c1-13-16(20-25-19-13)11-24-12-17(23)22-8-6-21(7-9-22)10-14-2-4-15(18)5-3-14/h2-5H,6-12H2,1H3. The summed E-state index contributed by atoms with van der Waals surface area (Å²) < 4.78 is 21.3. The van der Waals surface area contributed by atoms with E-state index < -0.39 is 0 Å². The molecule has 0 N–H and O–H groups in total. The minimum Gasteiger partial charge on any atom is -0.339 e. The molecule has 0 spiro atoms. The van der Waals surface area contributed by atoms with Crippen LogP contribution in [0.15, 0.2) is 24.3 Å². The van der Waals surface area contributed by atoms with E-state index >= 15 is 0 Å². The van der Waals surface area contributed by atoms with Gasteiger partial charge in [0.25, 0.3) is 0 Å². The Morgan fingerprint density at radius 3 is 2.56 bits per heavy atom. The third-order valence-corrected chi connectivity index (χ3v) is 5.84. The zero-order valence-electron chi connectivity index (χ0n) is 14.2. The number of carbonyl (C=O) groups is 1. The Morgan fingerprint density at radius 1 is 1.20 bits per heavy atom. The molecule has 1 amide bonds. The number of aromatic nitrogens is 2. The molecule has 0 saturated carbocycles. The Labute approximate surface area is 155 Å². The van der Waals surface area contributed by atoms with Gasteiger partial charge in [-0.3, -0.25) is 9.69 Å². The number of nitrogens with zero attached hydrogens (tertiary/aromatic N) is 4. The average Bonchev–Trinajstić information content (AvgIpc) is 3.02. The van der Waals surface area contributed by atoms with Crippen molar-refractivity contribution in [2.45, 2.75) is 19.2 Å². The van der Waals surface area contributed by atoms with Crippen LogP contribution in [-0.4, -0.2) is 56.4 Å². The van der Waals surface area contributed by atoms with Crippen molar-refractivity contribution in [3.63, 3.8) is 0 Å². The van der Waals surface area contributed by atoms with Crippen molar-refractivity contribution in [3.05, 3.63) is 47.0 Å². The third-order valence-electron chi connectivity index (χ3n) is 4.26. The highest BCUT2D eigenvalue weighted by Crippen LogP contribution is 2.16. The van der Waals surface area contributed by atoms with Crippen LogP contribution in [0.1, 0.15) is 17.0 Å². The van der Waals surface area contributed by atoms with Crippen LogP contribution in [0, 0.1) is 12.7 Å². The van der Waals surface area contributed by atoms with E-state index in [4.69, 9.17) is 0 Å². The van der Waals surface area contributed by atoms with E-state index in [1.54, 1.807) is 11.8 Å². The van der Waals surface area contributed by atoms with E-state index in [0.717, 1.165) is 55.4 Å². The van der Waals surface area contributed by atoms with Crippen molar-refractivity contribution in [3.8, 4) is 0 Å². The number of benzene rings is 1. The van der Waals surface area contributed by atoms with Crippen molar-refractivity contribution >= 4 is 29.4 Å². The monoisotopic (exact) mass is 380 g/mol. The minimum atomic E-state index is -0.208. The summed E-state index contributed by atoms with van der Waals surface area (Å²) in [6.07, 6.45) is 0. The summed E-state index contributed by atoms with van der Waals surface area (Å²) in [6, 6.07) is 6.62. The number of halogens is 1. The smallest absolute Gasteiger partial charge is 0.232 e. The number of aryl methyl sites for hydroxylation is 1. The van der Waals surface area contributed by atoms with Crippen LogP contribution in [0.4, 0.5) is 4.39 Å². The Bertz CT molecular complexity index is 699. The number of rotatable bonds is 6. The molecule has 1 saturated heterocycles. The van der Waals surface area contributed by atoms with Crippen LogP contribution in [0.5, 0.6) is 0 Å². The molecule has 8 heteroatoms. The van der Waals surface area contributed by atoms with Crippen molar-refractivity contribution in [1.29, 1.82) is 0 Å². The summed E-state index contributed by atoms with van der Waals surface area (Å²) in [5, 5.41) is 0. The number of hydrogen-bond acceptors (Lipinski definition) is 6. The summed E-state index contributed by atoms with van der Waals surface area (Å²) in [6.45, 7) is 5.94. The molecule has 1 aliphatic rings. The van der Waals surface area contributed by atoms with Crippen LogP contribution in [0.2, 0.25) is 0 Å². The molecule has 2 heterocycles. The van der Waals surface area contributed by atoms with Crippen LogP contribution < -0.4 is 0 Å². The zero-order chi connectivity index (χ0) is 17.6. The first kappa shape index (κ1) is 18.3. The Balaban J connectivity index is 1.38. The molecule has 1 aromatic carbocycles. The first-order valence-corrected chi connectivity index (χ1v) is 10.1. The van der Waals surface area contributed by atoms with Crippen molar-refractivity contribution in [2.75, 3.05) is 31.9 Å². The summed E-state index contributed by atoms with van der Waals surface area (Å²) in [7, 11) is 0. The van der Waals surface area contributed by atoms with E-state index in [-0.39, 0.29) is 11.7 Å². The third kappa shape index (κ3) is 5.23. The predicted octanol–water partition coefficient (Wildman–Crippen LogP) is 2.56. The Kier molecular flexibility index (Phi) is 6.39. The summed E-state index contributed by atoms with van der Waals surface area (Å²) in [5.41, 5.74) is 3.04. The molecule has 0 aliphatic carbocycles. The van der Waals surface area contributed by atoms with Gasteiger partial charge in [-0.1, -0.05) is 12.1 Å². The molecule has 1 aromatic heterocycles. The molecule has 5 nitrogen and oxygen atoms in total. The molecular formula is C17H21FN4OS2. The summed E-state index contributed by atoms with van der Waals surface area (Å²) in [5.74, 6) is 1.20. The molecule has 3 rings (SSSR count). The first-order chi connectivity index (χ1) is 12.1. The molecular weight excluding hydrogens is 359 g/mol. The fourth-order valence-electron chi connectivity index (χ4n) is 2.71. The maximum Gasteiger partial charge on any atom is 0.232 e. The van der Waals surface area contributed by atoms with Gasteiger partial charge in [0.2, 0.25) is 5.91 Å². The molecule has 0 radical (unpaired) electrons. The van der Waals surface area contributed by atoms with Crippen LogP contribution in [-0.2, 0) is 17.1 Å². The lowest BCUT2D eigenvalue weighted by atomic mass is 10.2. The number of piperazine rings is 1. The SMILES string of the molecule is Cc1nsnc1CSCC(=O)N1CCN(Cc2ccc(F)cc2)CC1. The van der Waals surface area contributed by atoms with Gasteiger partial charge in [0, 0.05) is 38.5 Å². The van der Waals surface area contributed by atoms with Gasteiger partial charge in [0.15, 0.2) is 0 Å². The van der Waals surface area contributed by atoms with E-state index in [1.165, 1.54) is 23.9 Å². The van der Waals surface area contributed by atoms with Gasteiger partial charge in [-0.2, -0.15) is 8.75 Å². The maximum absolute atomic E-state index is 13.0. The number of amides is 1. The average molecular weight is 381 g/mol. The fourth-order valence-corrected chi connectivity index (χ4v) is 4.28.